The zero-order valence-corrected chi connectivity index (χ0v) is 11.7. The van der Waals surface area contributed by atoms with Gasteiger partial charge in [-0.2, -0.15) is 10.5 Å². The fourth-order valence-corrected chi connectivity index (χ4v) is 1.91. The number of anilines is 2. The molecule has 0 aliphatic heterocycles. The van der Waals surface area contributed by atoms with E-state index in [1.54, 1.807) is 24.4 Å². The van der Waals surface area contributed by atoms with E-state index < -0.39 is 0 Å². The lowest BCUT2D eigenvalue weighted by Gasteiger charge is -2.09. The Labute approximate surface area is 119 Å². The molecule has 5 heteroatoms. The number of pyridine rings is 1. The lowest BCUT2D eigenvalue weighted by Crippen LogP contribution is -1.97. The van der Waals surface area contributed by atoms with Crippen molar-refractivity contribution in [3.8, 4) is 12.1 Å². The van der Waals surface area contributed by atoms with Crippen LogP contribution in [0.3, 0.4) is 0 Å². The van der Waals surface area contributed by atoms with Crippen molar-refractivity contribution in [3.05, 3.63) is 51.6 Å². The third kappa shape index (κ3) is 2.73. The quantitative estimate of drug-likeness (QED) is 0.918. The number of halogens is 1. The molecular formula is C14H9BrN4. The first-order valence-corrected chi connectivity index (χ1v) is 6.27. The van der Waals surface area contributed by atoms with E-state index in [2.05, 4.69) is 26.2 Å². The van der Waals surface area contributed by atoms with Crippen molar-refractivity contribution in [2.45, 2.75) is 6.92 Å². The molecule has 0 fully saturated rings. The van der Waals surface area contributed by atoms with Crippen LogP contribution in [0.4, 0.5) is 11.5 Å². The van der Waals surface area contributed by atoms with Gasteiger partial charge in [0.2, 0.25) is 0 Å². The lowest BCUT2D eigenvalue weighted by molar-refractivity contribution is 1.25. The van der Waals surface area contributed by atoms with Crippen LogP contribution in [-0.4, -0.2) is 4.98 Å². The summed E-state index contributed by atoms with van der Waals surface area (Å²) < 4.78 is 0.873. The molecular weight excluding hydrogens is 304 g/mol. The van der Waals surface area contributed by atoms with E-state index in [4.69, 9.17) is 10.5 Å². The number of nitrogens with one attached hydrogen (secondary N) is 1. The molecule has 0 radical (unpaired) electrons. The molecule has 0 atom stereocenters. The normalized spacial score (nSPS) is 9.47. The molecule has 0 bridgehead atoms. The first-order valence-electron chi connectivity index (χ1n) is 5.48. The molecule has 0 saturated carbocycles. The van der Waals surface area contributed by atoms with Gasteiger partial charge in [-0.15, -0.1) is 0 Å². The molecule has 92 valence electrons. The van der Waals surface area contributed by atoms with Crippen LogP contribution in [-0.2, 0) is 0 Å². The van der Waals surface area contributed by atoms with E-state index in [0.717, 1.165) is 10.0 Å². The molecule has 19 heavy (non-hydrogen) atoms. The Morgan fingerprint density at radius 3 is 2.58 bits per heavy atom. The van der Waals surface area contributed by atoms with Crippen molar-refractivity contribution in [2.75, 3.05) is 5.32 Å². The van der Waals surface area contributed by atoms with Crippen LogP contribution in [0.1, 0.15) is 16.7 Å². The number of aryl methyl sites for hydroxylation is 1. The van der Waals surface area contributed by atoms with Gasteiger partial charge in [-0.05, 0) is 52.7 Å². The van der Waals surface area contributed by atoms with Crippen LogP contribution in [0.2, 0.25) is 0 Å². The highest BCUT2D eigenvalue weighted by Gasteiger charge is 2.07. The van der Waals surface area contributed by atoms with Crippen LogP contribution in [0, 0.1) is 29.6 Å². The molecule has 1 heterocycles. The predicted molar refractivity (Wildman–Crippen MR) is 75.8 cm³/mol. The smallest absolute Gasteiger partial charge is 0.144 e. The number of benzene rings is 1. The van der Waals surface area contributed by atoms with E-state index in [9.17, 15) is 0 Å². The van der Waals surface area contributed by atoms with Gasteiger partial charge in [-0.3, -0.25) is 0 Å². The number of hydrogen-bond acceptors (Lipinski definition) is 4. The molecule has 0 aliphatic carbocycles. The Morgan fingerprint density at radius 1 is 1.16 bits per heavy atom. The zero-order valence-electron chi connectivity index (χ0n) is 10.1. The Kier molecular flexibility index (Phi) is 3.79. The van der Waals surface area contributed by atoms with Gasteiger partial charge in [-0.1, -0.05) is 0 Å². The fraction of sp³-hybridized carbons (Fsp3) is 0.0714. The van der Waals surface area contributed by atoms with Crippen molar-refractivity contribution in [3.63, 3.8) is 0 Å². The number of aromatic nitrogens is 1. The summed E-state index contributed by atoms with van der Waals surface area (Å²) in [6, 6.07) is 10.9. The molecule has 0 spiro atoms. The second kappa shape index (κ2) is 5.51. The minimum absolute atomic E-state index is 0.344. The molecule has 2 rings (SSSR count). The van der Waals surface area contributed by atoms with Crippen molar-refractivity contribution in [1.82, 2.24) is 4.98 Å². The van der Waals surface area contributed by atoms with Gasteiger partial charge in [0.05, 0.1) is 15.6 Å². The van der Waals surface area contributed by atoms with Crippen LogP contribution in [0.15, 0.2) is 34.9 Å². The SMILES string of the molecule is Cc1ccnc(Nc2ccc(C#N)c(C#N)c2)c1Br. The summed E-state index contributed by atoms with van der Waals surface area (Å²) in [6.07, 6.45) is 1.71. The number of nitriles is 2. The summed E-state index contributed by atoms with van der Waals surface area (Å²) in [5.74, 6) is 0.675. The number of hydrogen-bond donors (Lipinski definition) is 1. The second-order valence-corrected chi connectivity index (χ2v) is 4.69. The molecule has 0 unspecified atom stereocenters. The summed E-state index contributed by atoms with van der Waals surface area (Å²) in [7, 11) is 0. The maximum Gasteiger partial charge on any atom is 0.144 e. The van der Waals surface area contributed by atoms with Crippen molar-refractivity contribution < 1.29 is 0 Å². The third-order valence-corrected chi connectivity index (χ3v) is 3.61. The van der Waals surface area contributed by atoms with Crippen molar-refractivity contribution in [1.29, 1.82) is 10.5 Å². The minimum atomic E-state index is 0.344. The molecule has 1 aromatic carbocycles. The fourth-order valence-electron chi connectivity index (χ4n) is 1.58. The van der Waals surface area contributed by atoms with Gasteiger partial charge in [0.1, 0.15) is 18.0 Å². The Bertz CT molecular complexity index is 710. The Morgan fingerprint density at radius 2 is 1.89 bits per heavy atom. The van der Waals surface area contributed by atoms with Gasteiger partial charge in [-0.25, -0.2) is 4.98 Å². The Hall–Kier alpha value is -2.37. The lowest BCUT2D eigenvalue weighted by atomic mass is 10.1. The molecule has 4 nitrogen and oxygen atoms in total. The molecule has 0 aliphatic rings. The average Bonchev–Trinajstić information content (AvgIpc) is 2.43. The van der Waals surface area contributed by atoms with Crippen molar-refractivity contribution in [2.24, 2.45) is 0 Å². The average molecular weight is 313 g/mol. The number of rotatable bonds is 2. The summed E-state index contributed by atoms with van der Waals surface area (Å²) in [5, 5.41) is 21.0. The van der Waals surface area contributed by atoms with Gasteiger partial charge in [0.25, 0.3) is 0 Å². The maximum atomic E-state index is 8.99. The topological polar surface area (TPSA) is 72.5 Å². The Balaban J connectivity index is 2.38. The van der Waals surface area contributed by atoms with Gasteiger partial charge >= 0.3 is 0 Å². The highest BCUT2D eigenvalue weighted by molar-refractivity contribution is 9.10. The number of nitrogens with zero attached hydrogens (tertiary/aromatic N) is 3. The highest BCUT2D eigenvalue weighted by atomic mass is 79.9. The highest BCUT2D eigenvalue weighted by Crippen LogP contribution is 2.27. The maximum absolute atomic E-state index is 8.99. The standard InChI is InChI=1S/C14H9BrN4/c1-9-4-5-18-14(13(9)15)19-12-3-2-10(7-16)11(6-12)8-17/h2-6H,1H3,(H,18,19). The summed E-state index contributed by atoms with van der Waals surface area (Å²) >= 11 is 3.46. The summed E-state index contributed by atoms with van der Waals surface area (Å²) in [4.78, 5) is 4.23. The van der Waals surface area contributed by atoms with E-state index in [1.807, 2.05) is 25.1 Å². The van der Waals surface area contributed by atoms with E-state index in [0.29, 0.717) is 22.6 Å². The van der Waals surface area contributed by atoms with E-state index >= 15 is 0 Å². The van der Waals surface area contributed by atoms with Crippen LogP contribution < -0.4 is 5.32 Å². The molecule has 2 aromatic rings. The molecule has 0 saturated heterocycles. The summed E-state index contributed by atoms with van der Waals surface area (Å²) in [5.41, 5.74) is 2.49. The van der Waals surface area contributed by atoms with Crippen molar-refractivity contribution >= 4 is 27.4 Å². The minimum Gasteiger partial charge on any atom is -0.339 e. The van der Waals surface area contributed by atoms with Crippen LogP contribution >= 0.6 is 15.9 Å². The first kappa shape index (κ1) is 13.1. The largest absolute Gasteiger partial charge is 0.339 e. The second-order valence-electron chi connectivity index (χ2n) is 3.90. The summed E-state index contributed by atoms with van der Waals surface area (Å²) in [6.45, 7) is 1.97. The zero-order chi connectivity index (χ0) is 13.8. The van der Waals surface area contributed by atoms with Gasteiger partial charge in [0.15, 0.2) is 0 Å². The van der Waals surface area contributed by atoms with Crippen LogP contribution in [0.5, 0.6) is 0 Å². The first-order chi connectivity index (χ1) is 9.15. The predicted octanol–water partition coefficient (Wildman–Crippen LogP) is 3.64. The molecule has 1 aromatic heterocycles. The third-order valence-electron chi connectivity index (χ3n) is 2.61. The van der Waals surface area contributed by atoms with E-state index in [1.165, 1.54) is 0 Å². The molecule has 0 amide bonds. The van der Waals surface area contributed by atoms with Gasteiger partial charge in [0, 0.05) is 11.9 Å². The van der Waals surface area contributed by atoms with Gasteiger partial charge < -0.3 is 5.32 Å². The van der Waals surface area contributed by atoms with Crippen LogP contribution in [0.25, 0.3) is 0 Å². The monoisotopic (exact) mass is 312 g/mol. The molecule has 1 N–H and O–H groups in total. The van der Waals surface area contributed by atoms with E-state index in [-0.39, 0.29) is 0 Å².